The molecule has 39 heavy (non-hydrogen) atoms. The minimum absolute atomic E-state index is 0.335. The van der Waals surface area contributed by atoms with E-state index < -0.39 is 10.1 Å². The first kappa shape index (κ1) is 28.2. The van der Waals surface area contributed by atoms with Crippen LogP contribution in [0.5, 0.6) is 0 Å². The molecule has 0 radical (unpaired) electrons. The molecule has 0 bridgehead atoms. The molecule has 2 aromatic rings. The van der Waals surface area contributed by atoms with E-state index in [1.54, 1.807) is 24.5 Å². The van der Waals surface area contributed by atoms with E-state index >= 15 is 0 Å². The molecule has 208 valence electrons. The van der Waals surface area contributed by atoms with E-state index in [-0.39, 0.29) is 0 Å². The molecule has 2 aliphatic heterocycles. The highest BCUT2D eigenvalue weighted by atomic mass is 35.5. The van der Waals surface area contributed by atoms with Crippen LogP contribution in [0.15, 0.2) is 46.9 Å². The maximum Gasteiger partial charge on any atom is 0.274 e. The lowest BCUT2D eigenvalue weighted by Gasteiger charge is -2.22. The molecular weight excluding hydrogens is 551 g/mol. The molecule has 0 amide bonds. The lowest BCUT2D eigenvalue weighted by molar-refractivity contribution is -0.486. The van der Waals surface area contributed by atoms with Gasteiger partial charge in [-0.05, 0) is 42.5 Å². The van der Waals surface area contributed by atoms with E-state index in [1.807, 2.05) is 31.7 Å². The summed E-state index contributed by atoms with van der Waals surface area (Å²) < 4.78 is 0. The van der Waals surface area contributed by atoms with Gasteiger partial charge < -0.3 is 19.6 Å². The summed E-state index contributed by atoms with van der Waals surface area (Å²) >= 11 is 11.7. The number of unbranched alkanes of at least 4 members (excludes halogenated alkanes) is 2. The third-order valence-electron chi connectivity index (χ3n) is 6.43. The predicted octanol–water partition coefficient (Wildman–Crippen LogP) is 2.98. The number of hydrazone groups is 2. The summed E-state index contributed by atoms with van der Waals surface area (Å²) in [6, 6.07) is 7.05. The average molecular weight is 579 g/mol. The van der Waals surface area contributed by atoms with Crippen LogP contribution in [0.2, 0.25) is 10.3 Å². The van der Waals surface area contributed by atoms with Crippen molar-refractivity contribution in [2.75, 3.05) is 39.3 Å². The molecule has 0 atom stereocenters. The topological polar surface area (TPSA) is 150 Å². The van der Waals surface area contributed by atoms with Crippen molar-refractivity contribution in [2.45, 2.75) is 32.4 Å². The second-order valence-electron chi connectivity index (χ2n) is 9.13. The second-order valence-corrected chi connectivity index (χ2v) is 9.91. The molecule has 14 nitrogen and oxygen atoms in total. The standard InChI is InChI=1S/C23H28Cl2N10O4/c24-20-6-4-18(14-26-20)16-32-12-10-30(22(32)28-34(36)37)8-2-1-3-9-31-11-13-33(23(31)29-35(38)39)17-19-5-7-21(25)27-15-19/h4-7,14-15H,1-3,8-13,16-17H2/b28-22+,29-23+. The molecule has 0 aromatic carbocycles. The van der Waals surface area contributed by atoms with Crippen molar-refractivity contribution >= 4 is 35.1 Å². The molecule has 0 spiro atoms. The summed E-state index contributed by atoms with van der Waals surface area (Å²) in [6.07, 6.45) is 5.73. The molecule has 0 saturated carbocycles. The molecule has 16 heteroatoms. The first-order chi connectivity index (χ1) is 18.8. The van der Waals surface area contributed by atoms with E-state index in [1.165, 1.54) is 0 Å². The lowest BCUT2D eigenvalue weighted by atomic mass is 10.2. The van der Waals surface area contributed by atoms with Crippen LogP contribution in [0, 0.1) is 20.2 Å². The molecule has 2 aliphatic rings. The normalized spacial score (nSPS) is 17.6. The van der Waals surface area contributed by atoms with Crippen molar-refractivity contribution in [1.29, 1.82) is 0 Å². The Labute approximate surface area is 234 Å². The van der Waals surface area contributed by atoms with Crippen molar-refractivity contribution in [3.05, 3.63) is 78.3 Å². The van der Waals surface area contributed by atoms with Crippen molar-refractivity contribution < 1.29 is 10.1 Å². The number of nitrogens with zero attached hydrogens (tertiary/aromatic N) is 10. The number of rotatable bonds is 12. The maximum atomic E-state index is 11.2. The highest BCUT2D eigenvalue weighted by molar-refractivity contribution is 6.29. The molecule has 2 aromatic heterocycles. The van der Waals surface area contributed by atoms with Gasteiger partial charge in [-0.2, -0.15) is 0 Å². The highest BCUT2D eigenvalue weighted by Crippen LogP contribution is 2.18. The molecule has 0 unspecified atom stereocenters. The molecule has 4 heterocycles. The summed E-state index contributed by atoms with van der Waals surface area (Å²) in [7, 11) is 0. The van der Waals surface area contributed by atoms with Gasteiger partial charge in [0.15, 0.2) is 10.1 Å². The van der Waals surface area contributed by atoms with Crippen LogP contribution in [0.25, 0.3) is 0 Å². The largest absolute Gasteiger partial charge is 0.336 e. The SMILES string of the molecule is O=[N+]([O-])/N=C1\N(CCCCCN2CCN(Cc3ccc(Cl)nc3)/C2=N/[N+](=O)[O-])CCN1Cc1ccc(Cl)nc1. The molecule has 0 aliphatic carbocycles. The van der Waals surface area contributed by atoms with Crippen LogP contribution < -0.4 is 0 Å². The zero-order chi connectivity index (χ0) is 27.8. The Morgan fingerprint density at radius 2 is 1.10 bits per heavy atom. The van der Waals surface area contributed by atoms with E-state index in [0.29, 0.717) is 74.6 Å². The summed E-state index contributed by atoms with van der Waals surface area (Å²) in [4.78, 5) is 38.1. The summed E-state index contributed by atoms with van der Waals surface area (Å²) in [5.74, 6) is 0.671. The molecule has 2 saturated heterocycles. The zero-order valence-electron chi connectivity index (χ0n) is 21.1. The van der Waals surface area contributed by atoms with E-state index in [4.69, 9.17) is 23.2 Å². The third-order valence-corrected chi connectivity index (χ3v) is 6.88. The molecular formula is C23H28Cl2N10O4. The van der Waals surface area contributed by atoms with Gasteiger partial charge in [-0.3, -0.25) is 0 Å². The van der Waals surface area contributed by atoms with Crippen LogP contribution in [-0.4, -0.2) is 90.8 Å². The Balaban J connectivity index is 1.26. The van der Waals surface area contributed by atoms with Crippen molar-refractivity contribution in [2.24, 2.45) is 10.2 Å². The number of pyridine rings is 2. The van der Waals surface area contributed by atoms with Gasteiger partial charge in [0, 0.05) is 64.8 Å². The quantitative estimate of drug-likeness (QED) is 0.159. The minimum atomic E-state index is -0.670. The summed E-state index contributed by atoms with van der Waals surface area (Å²) in [6.45, 7) is 4.63. The number of hydrogen-bond donors (Lipinski definition) is 0. The summed E-state index contributed by atoms with van der Waals surface area (Å²) in [5.41, 5.74) is 1.77. The first-order valence-corrected chi connectivity index (χ1v) is 13.2. The lowest BCUT2D eigenvalue weighted by Crippen LogP contribution is -2.35. The zero-order valence-corrected chi connectivity index (χ0v) is 22.6. The molecule has 2 fully saturated rings. The Kier molecular flexibility index (Phi) is 9.65. The van der Waals surface area contributed by atoms with Crippen molar-refractivity contribution in [3.63, 3.8) is 0 Å². The predicted molar refractivity (Wildman–Crippen MR) is 145 cm³/mol. The number of nitro groups is 2. The van der Waals surface area contributed by atoms with E-state index in [0.717, 1.165) is 30.4 Å². The van der Waals surface area contributed by atoms with E-state index in [2.05, 4.69) is 20.2 Å². The maximum absolute atomic E-state index is 11.2. The number of hydrogen-bond acceptors (Lipinski definition) is 6. The second kappa shape index (κ2) is 13.3. The fourth-order valence-corrected chi connectivity index (χ4v) is 4.85. The molecule has 0 N–H and O–H groups in total. The van der Waals surface area contributed by atoms with Gasteiger partial charge in [0.05, 0.1) is 0 Å². The number of guanidine groups is 2. The minimum Gasteiger partial charge on any atom is -0.336 e. The number of halogens is 2. The third kappa shape index (κ3) is 8.10. The van der Waals surface area contributed by atoms with Crippen molar-refractivity contribution in [1.82, 2.24) is 29.6 Å². The van der Waals surface area contributed by atoms with Gasteiger partial charge in [-0.15, -0.1) is 0 Å². The van der Waals surface area contributed by atoms with Crippen LogP contribution in [0.4, 0.5) is 0 Å². The van der Waals surface area contributed by atoms with E-state index in [9.17, 15) is 20.2 Å². The van der Waals surface area contributed by atoms with Gasteiger partial charge in [-0.1, -0.05) is 35.3 Å². The average Bonchev–Trinajstić information content (AvgIpc) is 3.44. The van der Waals surface area contributed by atoms with Crippen LogP contribution in [0.3, 0.4) is 0 Å². The Bertz CT molecular complexity index is 1120. The number of aromatic nitrogens is 2. The van der Waals surface area contributed by atoms with Gasteiger partial charge in [-0.25, -0.2) is 30.2 Å². The first-order valence-electron chi connectivity index (χ1n) is 12.4. The van der Waals surface area contributed by atoms with Crippen molar-refractivity contribution in [3.8, 4) is 0 Å². The van der Waals surface area contributed by atoms with Gasteiger partial charge in [0.1, 0.15) is 20.5 Å². The van der Waals surface area contributed by atoms with Crippen LogP contribution in [0.1, 0.15) is 30.4 Å². The Morgan fingerprint density at radius 3 is 1.46 bits per heavy atom. The Hall–Kier alpha value is -3.78. The van der Waals surface area contributed by atoms with Crippen LogP contribution in [-0.2, 0) is 13.1 Å². The fraction of sp³-hybridized carbons (Fsp3) is 0.478. The van der Waals surface area contributed by atoms with Crippen LogP contribution >= 0.6 is 23.2 Å². The molecule has 4 rings (SSSR count). The smallest absolute Gasteiger partial charge is 0.274 e. The van der Waals surface area contributed by atoms with Gasteiger partial charge >= 0.3 is 0 Å². The highest BCUT2D eigenvalue weighted by Gasteiger charge is 2.31. The summed E-state index contributed by atoms with van der Waals surface area (Å²) in [5, 5.41) is 29.1. The van der Waals surface area contributed by atoms with Gasteiger partial charge in [0.25, 0.3) is 11.9 Å². The Morgan fingerprint density at radius 1 is 0.692 bits per heavy atom. The monoisotopic (exact) mass is 578 g/mol. The van der Waals surface area contributed by atoms with Gasteiger partial charge in [0.2, 0.25) is 0 Å². The fourth-order valence-electron chi connectivity index (χ4n) is 4.63.